The van der Waals surface area contributed by atoms with Gasteiger partial charge in [0.2, 0.25) is 0 Å². The van der Waals surface area contributed by atoms with Crippen LogP contribution in [0.1, 0.15) is 49.3 Å². The number of aryl methyl sites for hydroxylation is 2. The van der Waals surface area contributed by atoms with Gasteiger partial charge in [-0.25, -0.2) is 0 Å². The molecule has 0 unspecified atom stereocenters. The normalized spacial score (nSPS) is 10.4. The van der Waals surface area contributed by atoms with E-state index in [-0.39, 0.29) is 5.97 Å². The molecule has 3 heteroatoms. The quantitative estimate of drug-likeness (QED) is 0.530. The summed E-state index contributed by atoms with van der Waals surface area (Å²) >= 11 is 0. The fraction of sp³-hybridized carbons (Fsp3) is 0.588. The number of hydrogen-bond donors (Lipinski definition) is 0. The Kier molecular flexibility index (Phi) is 7.13. The smallest absolute Gasteiger partial charge is 0.305 e. The van der Waals surface area contributed by atoms with Gasteiger partial charge >= 0.3 is 5.97 Å². The lowest BCUT2D eigenvalue weighted by Gasteiger charge is -2.12. The molecule has 0 aliphatic heterocycles. The van der Waals surface area contributed by atoms with Crippen LogP contribution in [0.2, 0.25) is 0 Å². The minimum absolute atomic E-state index is 0.0985. The van der Waals surface area contributed by atoms with Crippen LogP contribution < -0.4 is 4.74 Å². The fourth-order valence-electron chi connectivity index (χ4n) is 2.11. The number of benzene rings is 1. The third-order valence-electron chi connectivity index (χ3n) is 3.35. The van der Waals surface area contributed by atoms with E-state index in [1.165, 1.54) is 16.7 Å². The molecule has 20 heavy (non-hydrogen) atoms. The number of hydrogen-bond acceptors (Lipinski definition) is 3. The second kappa shape index (κ2) is 8.62. The highest BCUT2D eigenvalue weighted by Gasteiger charge is 2.04. The summed E-state index contributed by atoms with van der Waals surface area (Å²) in [5, 5.41) is 0. The first-order valence-corrected chi connectivity index (χ1v) is 7.41. The highest BCUT2D eigenvalue weighted by Crippen LogP contribution is 2.23. The van der Waals surface area contributed by atoms with Crippen molar-refractivity contribution in [3.8, 4) is 5.75 Å². The zero-order valence-corrected chi connectivity index (χ0v) is 13.1. The molecule has 0 aliphatic carbocycles. The SMILES string of the molecule is CCOC(=O)CCCCCOc1cc(C)cc(C)c1C. The minimum atomic E-state index is -0.0985. The molecule has 1 aromatic carbocycles. The lowest BCUT2D eigenvalue weighted by atomic mass is 10.1. The van der Waals surface area contributed by atoms with Crippen LogP contribution in [0, 0.1) is 20.8 Å². The number of carbonyl (C=O) groups is 1. The van der Waals surface area contributed by atoms with Crippen molar-refractivity contribution in [3.05, 3.63) is 28.8 Å². The van der Waals surface area contributed by atoms with Gasteiger partial charge in [0.25, 0.3) is 0 Å². The van der Waals surface area contributed by atoms with E-state index in [2.05, 4.69) is 32.9 Å². The van der Waals surface area contributed by atoms with Gasteiger partial charge in [-0.1, -0.05) is 6.07 Å². The average Bonchev–Trinajstić information content (AvgIpc) is 2.39. The van der Waals surface area contributed by atoms with Gasteiger partial charge in [-0.15, -0.1) is 0 Å². The maximum Gasteiger partial charge on any atom is 0.305 e. The van der Waals surface area contributed by atoms with E-state index >= 15 is 0 Å². The fourth-order valence-corrected chi connectivity index (χ4v) is 2.11. The molecular weight excluding hydrogens is 252 g/mol. The third-order valence-corrected chi connectivity index (χ3v) is 3.35. The Labute approximate surface area is 122 Å². The third kappa shape index (κ3) is 5.64. The molecule has 0 bridgehead atoms. The largest absolute Gasteiger partial charge is 0.493 e. The van der Waals surface area contributed by atoms with E-state index in [0.717, 1.165) is 25.0 Å². The highest BCUT2D eigenvalue weighted by molar-refractivity contribution is 5.69. The van der Waals surface area contributed by atoms with E-state index in [1.807, 2.05) is 6.92 Å². The molecule has 3 nitrogen and oxygen atoms in total. The molecule has 0 fully saturated rings. The Bertz CT molecular complexity index is 438. The van der Waals surface area contributed by atoms with Gasteiger partial charge in [0, 0.05) is 6.42 Å². The summed E-state index contributed by atoms with van der Waals surface area (Å²) < 4.78 is 10.7. The summed E-state index contributed by atoms with van der Waals surface area (Å²) in [4.78, 5) is 11.2. The van der Waals surface area contributed by atoms with Gasteiger partial charge in [0.1, 0.15) is 5.75 Å². The molecule has 0 amide bonds. The maximum atomic E-state index is 11.2. The van der Waals surface area contributed by atoms with E-state index in [4.69, 9.17) is 9.47 Å². The van der Waals surface area contributed by atoms with Crippen LogP contribution in [0.5, 0.6) is 5.75 Å². The van der Waals surface area contributed by atoms with E-state index in [0.29, 0.717) is 19.6 Å². The Morgan fingerprint density at radius 3 is 2.55 bits per heavy atom. The van der Waals surface area contributed by atoms with Crippen LogP contribution in [0.25, 0.3) is 0 Å². The van der Waals surface area contributed by atoms with Crippen LogP contribution in [0.4, 0.5) is 0 Å². The molecule has 0 heterocycles. The topological polar surface area (TPSA) is 35.5 Å². The first-order chi connectivity index (χ1) is 9.54. The molecule has 0 aliphatic rings. The summed E-state index contributed by atoms with van der Waals surface area (Å²) in [6, 6.07) is 4.25. The van der Waals surface area contributed by atoms with Crippen molar-refractivity contribution in [1.29, 1.82) is 0 Å². The van der Waals surface area contributed by atoms with Crippen LogP contribution in [-0.4, -0.2) is 19.2 Å². The van der Waals surface area contributed by atoms with Gasteiger partial charge in [0.15, 0.2) is 0 Å². The molecule has 0 saturated carbocycles. The summed E-state index contributed by atoms with van der Waals surface area (Å²) in [7, 11) is 0. The standard InChI is InChI=1S/C17H26O3/c1-5-19-17(18)9-7-6-8-10-20-16-12-13(2)11-14(3)15(16)4/h11-12H,5-10H2,1-4H3. The summed E-state index contributed by atoms with van der Waals surface area (Å²) in [5.41, 5.74) is 3.70. The monoisotopic (exact) mass is 278 g/mol. The van der Waals surface area contributed by atoms with Gasteiger partial charge in [-0.3, -0.25) is 4.79 Å². The summed E-state index contributed by atoms with van der Waals surface area (Å²) in [6.45, 7) is 9.27. The lowest BCUT2D eigenvalue weighted by molar-refractivity contribution is -0.143. The van der Waals surface area contributed by atoms with Gasteiger partial charge in [0.05, 0.1) is 13.2 Å². The Morgan fingerprint density at radius 1 is 1.10 bits per heavy atom. The van der Waals surface area contributed by atoms with Crippen molar-refractivity contribution in [2.75, 3.05) is 13.2 Å². The number of esters is 1. The number of ether oxygens (including phenoxy) is 2. The first kappa shape index (κ1) is 16.5. The van der Waals surface area contributed by atoms with E-state index in [1.54, 1.807) is 0 Å². The Morgan fingerprint density at radius 2 is 1.85 bits per heavy atom. The number of rotatable bonds is 8. The lowest BCUT2D eigenvalue weighted by Crippen LogP contribution is -2.04. The van der Waals surface area contributed by atoms with Gasteiger partial charge in [-0.05, 0) is 69.7 Å². The molecule has 112 valence electrons. The summed E-state index contributed by atoms with van der Waals surface area (Å²) in [6.07, 6.45) is 3.33. The van der Waals surface area contributed by atoms with Crippen molar-refractivity contribution in [2.24, 2.45) is 0 Å². The van der Waals surface area contributed by atoms with E-state index < -0.39 is 0 Å². The molecule has 0 aromatic heterocycles. The second-order valence-corrected chi connectivity index (χ2v) is 5.17. The number of unbranched alkanes of at least 4 members (excludes halogenated alkanes) is 2. The minimum Gasteiger partial charge on any atom is -0.493 e. The Balaban J connectivity index is 2.23. The maximum absolute atomic E-state index is 11.2. The van der Waals surface area contributed by atoms with Crippen LogP contribution >= 0.6 is 0 Å². The predicted octanol–water partition coefficient (Wildman–Crippen LogP) is 4.11. The van der Waals surface area contributed by atoms with Crippen molar-refractivity contribution < 1.29 is 14.3 Å². The predicted molar refractivity (Wildman–Crippen MR) is 81.2 cm³/mol. The van der Waals surface area contributed by atoms with Crippen LogP contribution in [0.3, 0.4) is 0 Å². The molecular formula is C17H26O3. The second-order valence-electron chi connectivity index (χ2n) is 5.17. The van der Waals surface area contributed by atoms with Gasteiger partial charge < -0.3 is 9.47 Å². The molecule has 0 spiro atoms. The molecule has 1 aromatic rings. The van der Waals surface area contributed by atoms with Crippen LogP contribution in [-0.2, 0) is 9.53 Å². The number of carbonyl (C=O) groups excluding carboxylic acids is 1. The van der Waals surface area contributed by atoms with Crippen LogP contribution in [0.15, 0.2) is 12.1 Å². The molecule has 0 radical (unpaired) electrons. The molecule has 0 saturated heterocycles. The molecule has 0 N–H and O–H groups in total. The Hall–Kier alpha value is -1.51. The zero-order chi connectivity index (χ0) is 15.0. The van der Waals surface area contributed by atoms with Crippen molar-refractivity contribution >= 4 is 5.97 Å². The van der Waals surface area contributed by atoms with E-state index in [9.17, 15) is 4.79 Å². The zero-order valence-electron chi connectivity index (χ0n) is 13.1. The van der Waals surface area contributed by atoms with Crippen molar-refractivity contribution in [2.45, 2.75) is 53.4 Å². The van der Waals surface area contributed by atoms with Crippen molar-refractivity contribution in [1.82, 2.24) is 0 Å². The summed E-state index contributed by atoms with van der Waals surface area (Å²) in [5.74, 6) is 0.881. The first-order valence-electron chi connectivity index (χ1n) is 7.41. The molecule has 0 atom stereocenters. The highest BCUT2D eigenvalue weighted by atomic mass is 16.5. The van der Waals surface area contributed by atoms with Gasteiger partial charge in [-0.2, -0.15) is 0 Å². The molecule has 1 rings (SSSR count). The van der Waals surface area contributed by atoms with Crippen molar-refractivity contribution in [3.63, 3.8) is 0 Å². The average molecular weight is 278 g/mol.